The summed E-state index contributed by atoms with van der Waals surface area (Å²) in [6, 6.07) is 19.9. The fourth-order valence-corrected chi connectivity index (χ4v) is 3.17. The highest BCUT2D eigenvalue weighted by atomic mass is 16.5. The van der Waals surface area contributed by atoms with Crippen LogP contribution in [0.3, 0.4) is 0 Å². The Balaban J connectivity index is 1.49. The Morgan fingerprint density at radius 3 is 1.44 bits per heavy atom. The summed E-state index contributed by atoms with van der Waals surface area (Å²) in [5.41, 5.74) is 0.830. The van der Waals surface area contributed by atoms with Crippen molar-refractivity contribution in [1.29, 1.82) is 0 Å². The van der Waals surface area contributed by atoms with Crippen LogP contribution in [-0.4, -0.2) is 25.2 Å². The third-order valence-electron chi connectivity index (χ3n) is 5.00. The first-order chi connectivity index (χ1) is 16.6. The molecule has 0 aliphatic heterocycles. The number of carbonyl (C=O) groups is 2. The summed E-state index contributed by atoms with van der Waals surface area (Å²) >= 11 is 0. The van der Waals surface area contributed by atoms with Crippen LogP contribution in [-0.2, 0) is 0 Å². The number of hydrogen-bond donors (Lipinski definition) is 0. The lowest BCUT2D eigenvalue weighted by molar-refractivity contribution is 0.0719. The van der Waals surface area contributed by atoms with Crippen LogP contribution in [0.1, 0.15) is 60.2 Å². The summed E-state index contributed by atoms with van der Waals surface area (Å²) in [5.74, 6) is 1.15. The van der Waals surface area contributed by atoms with Gasteiger partial charge in [-0.1, -0.05) is 26.2 Å². The standard InChI is InChI=1S/C28H30O6/c1-3-5-6-7-20-32-24-14-10-22(11-15-24)28(30)34-26-18-16-25(17-19-26)33-27(29)21-8-12-23(13-9-21)31-4-2/h8-19H,3-7,20H2,1-2H3. The van der Waals surface area contributed by atoms with Crippen molar-refractivity contribution >= 4 is 11.9 Å². The van der Waals surface area contributed by atoms with Crippen LogP contribution >= 0.6 is 0 Å². The minimum Gasteiger partial charge on any atom is -0.494 e. The summed E-state index contributed by atoms with van der Waals surface area (Å²) < 4.78 is 21.9. The van der Waals surface area contributed by atoms with Gasteiger partial charge in [0.2, 0.25) is 0 Å². The third-order valence-corrected chi connectivity index (χ3v) is 5.00. The van der Waals surface area contributed by atoms with Gasteiger partial charge in [0.1, 0.15) is 23.0 Å². The van der Waals surface area contributed by atoms with Crippen LogP contribution in [0.5, 0.6) is 23.0 Å². The van der Waals surface area contributed by atoms with Gasteiger partial charge in [-0.3, -0.25) is 0 Å². The maximum atomic E-state index is 12.4. The van der Waals surface area contributed by atoms with Crippen molar-refractivity contribution in [2.24, 2.45) is 0 Å². The smallest absolute Gasteiger partial charge is 0.343 e. The summed E-state index contributed by atoms with van der Waals surface area (Å²) in [5, 5.41) is 0. The fraction of sp³-hybridized carbons (Fsp3) is 0.286. The molecule has 0 amide bonds. The Morgan fingerprint density at radius 1 is 0.559 bits per heavy atom. The second-order valence-electron chi connectivity index (χ2n) is 7.64. The van der Waals surface area contributed by atoms with Crippen LogP contribution < -0.4 is 18.9 Å². The molecule has 0 saturated heterocycles. The van der Waals surface area contributed by atoms with E-state index >= 15 is 0 Å². The highest BCUT2D eigenvalue weighted by Crippen LogP contribution is 2.21. The maximum absolute atomic E-state index is 12.4. The van der Waals surface area contributed by atoms with Gasteiger partial charge in [-0.25, -0.2) is 9.59 Å². The molecule has 3 aromatic rings. The topological polar surface area (TPSA) is 71.1 Å². The zero-order valence-corrected chi connectivity index (χ0v) is 19.6. The van der Waals surface area contributed by atoms with Crippen molar-refractivity contribution in [1.82, 2.24) is 0 Å². The first-order valence-electron chi connectivity index (χ1n) is 11.6. The van der Waals surface area contributed by atoms with E-state index in [1.807, 2.05) is 6.92 Å². The molecule has 6 heteroatoms. The number of carbonyl (C=O) groups excluding carboxylic acids is 2. The fourth-order valence-electron chi connectivity index (χ4n) is 3.17. The molecule has 0 saturated carbocycles. The van der Waals surface area contributed by atoms with E-state index in [9.17, 15) is 9.59 Å². The zero-order chi connectivity index (χ0) is 24.2. The van der Waals surface area contributed by atoms with Crippen LogP contribution in [0.25, 0.3) is 0 Å². The molecule has 0 aliphatic rings. The van der Waals surface area contributed by atoms with Gasteiger partial charge < -0.3 is 18.9 Å². The quantitative estimate of drug-likeness (QED) is 0.174. The van der Waals surface area contributed by atoms with Gasteiger partial charge in [0.15, 0.2) is 0 Å². The molecule has 178 valence electrons. The van der Waals surface area contributed by atoms with Crippen molar-refractivity contribution in [2.45, 2.75) is 39.5 Å². The molecule has 0 radical (unpaired) electrons. The lowest BCUT2D eigenvalue weighted by Gasteiger charge is -2.09. The molecular formula is C28H30O6. The average Bonchev–Trinajstić information content (AvgIpc) is 2.86. The number of unbranched alkanes of at least 4 members (excludes halogenated alkanes) is 3. The normalized spacial score (nSPS) is 10.4. The monoisotopic (exact) mass is 462 g/mol. The molecule has 3 rings (SSSR count). The molecule has 0 heterocycles. The first kappa shape index (κ1) is 24.8. The number of esters is 2. The number of hydrogen-bond acceptors (Lipinski definition) is 6. The summed E-state index contributed by atoms with van der Waals surface area (Å²) in [6.45, 7) is 5.29. The largest absolute Gasteiger partial charge is 0.494 e. The van der Waals surface area contributed by atoms with Crippen LogP contribution in [0.4, 0.5) is 0 Å². The number of rotatable bonds is 12. The minimum atomic E-state index is -0.486. The lowest BCUT2D eigenvalue weighted by atomic mass is 10.2. The van der Waals surface area contributed by atoms with Gasteiger partial charge in [-0.2, -0.15) is 0 Å². The van der Waals surface area contributed by atoms with Gasteiger partial charge in [0.05, 0.1) is 24.3 Å². The van der Waals surface area contributed by atoms with Crippen molar-refractivity contribution in [3.05, 3.63) is 83.9 Å². The Labute approximate surface area is 200 Å². The molecule has 0 fully saturated rings. The predicted octanol–water partition coefficient (Wildman–Crippen LogP) is 6.48. The van der Waals surface area contributed by atoms with Crippen LogP contribution in [0, 0.1) is 0 Å². The van der Waals surface area contributed by atoms with E-state index in [4.69, 9.17) is 18.9 Å². The summed E-state index contributed by atoms with van der Waals surface area (Å²) in [6.07, 6.45) is 4.57. The van der Waals surface area contributed by atoms with E-state index in [0.29, 0.717) is 41.6 Å². The number of benzene rings is 3. The highest BCUT2D eigenvalue weighted by molar-refractivity contribution is 5.92. The highest BCUT2D eigenvalue weighted by Gasteiger charge is 2.11. The molecule has 6 nitrogen and oxygen atoms in total. The van der Waals surface area contributed by atoms with Gasteiger partial charge in [-0.15, -0.1) is 0 Å². The lowest BCUT2D eigenvalue weighted by Crippen LogP contribution is -2.09. The Bertz CT molecular complexity index is 1040. The zero-order valence-electron chi connectivity index (χ0n) is 19.6. The van der Waals surface area contributed by atoms with E-state index in [0.717, 1.165) is 18.6 Å². The molecule has 0 aromatic heterocycles. The van der Waals surface area contributed by atoms with Gasteiger partial charge in [-0.05, 0) is 86.1 Å². The van der Waals surface area contributed by atoms with Gasteiger partial charge >= 0.3 is 11.9 Å². The van der Waals surface area contributed by atoms with Crippen molar-refractivity contribution in [3.8, 4) is 23.0 Å². The van der Waals surface area contributed by atoms with E-state index in [1.165, 1.54) is 12.8 Å². The maximum Gasteiger partial charge on any atom is 0.343 e. The molecule has 3 aromatic carbocycles. The second kappa shape index (κ2) is 13.0. The minimum absolute atomic E-state index is 0.346. The number of ether oxygens (including phenoxy) is 4. The molecule has 0 aliphatic carbocycles. The Morgan fingerprint density at radius 2 is 1.00 bits per heavy atom. The van der Waals surface area contributed by atoms with E-state index in [2.05, 4.69) is 6.92 Å². The van der Waals surface area contributed by atoms with Gasteiger partial charge in [0, 0.05) is 0 Å². The Hall–Kier alpha value is -3.80. The predicted molar refractivity (Wildman–Crippen MR) is 130 cm³/mol. The van der Waals surface area contributed by atoms with Gasteiger partial charge in [0.25, 0.3) is 0 Å². The second-order valence-corrected chi connectivity index (χ2v) is 7.64. The molecule has 0 unspecified atom stereocenters. The SMILES string of the molecule is CCCCCCOc1ccc(C(=O)Oc2ccc(OC(=O)c3ccc(OCC)cc3)cc2)cc1. The molecule has 0 atom stereocenters. The van der Waals surface area contributed by atoms with E-state index in [-0.39, 0.29) is 0 Å². The van der Waals surface area contributed by atoms with Crippen LogP contribution in [0.15, 0.2) is 72.8 Å². The van der Waals surface area contributed by atoms with Crippen molar-refractivity contribution in [3.63, 3.8) is 0 Å². The molecule has 0 bridgehead atoms. The molecular weight excluding hydrogens is 432 g/mol. The first-order valence-corrected chi connectivity index (χ1v) is 11.6. The molecule has 0 spiro atoms. The Kier molecular flexibility index (Phi) is 9.52. The average molecular weight is 463 g/mol. The van der Waals surface area contributed by atoms with Crippen molar-refractivity contribution < 1.29 is 28.5 Å². The van der Waals surface area contributed by atoms with E-state index < -0.39 is 11.9 Å². The van der Waals surface area contributed by atoms with Crippen molar-refractivity contribution in [2.75, 3.05) is 13.2 Å². The molecule has 34 heavy (non-hydrogen) atoms. The summed E-state index contributed by atoms with van der Waals surface area (Å²) in [4.78, 5) is 24.7. The van der Waals surface area contributed by atoms with E-state index in [1.54, 1.807) is 72.8 Å². The molecule has 0 N–H and O–H groups in total. The third kappa shape index (κ3) is 7.66. The summed E-state index contributed by atoms with van der Waals surface area (Å²) in [7, 11) is 0. The van der Waals surface area contributed by atoms with Crippen LogP contribution in [0.2, 0.25) is 0 Å².